The average molecular weight is 336 g/mol. The van der Waals surface area contributed by atoms with E-state index in [2.05, 4.69) is 15.2 Å². The van der Waals surface area contributed by atoms with Crippen molar-refractivity contribution in [3.63, 3.8) is 0 Å². The lowest BCUT2D eigenvalue weighted by molar-refractivity contribution is -0.131. The largest absolute Gasteiger partial charge is 0.508 e. The number of nitrogens with zero attached hydrogens (tertiary/aromatic N) is 3. The lowest BCUT2D eigenvalue weighted by atomic mass is 9.93. The third kappa shape index (κ3) is 3.20. The molecule has 6 heteroatoms. The molecule has 0 radical (unpaired) electrons. The Balaban J connectivity index is 1.50. The molecule has 2 aromatic heterocycles. The highest BCUT2D eigenvalue weighted by Gasteiger charge is 2.27. The fourth-order valence-electron chi connectivity index (χ4n) is 3.57. The van der Waals surface area contributed by atoms with Gasteiger partial charge in [-0.2, -0.15) is 5.10 Å². The van der Waals surface area contributed by atoms with Crippen LogP contribution in [0.3, 0.4) is 0 Å². The number of nitrogens with one attached hydrogen (secondary N) is 1. The van der Waals surface area contributed by atoms with Crippen molar-refractivity contribution in [2.24, 2.45) is 0 Å². The number of piperidine rings is 1. The van der Waals surface area contributed by atoms with Gasteiger partial charge < -0.3 is 10.0 Å². The smallest absolute Gasteiger partial charge is 0.227 e. The van der Waals surface area contributed by atoms with Gasteiger partial charge in [0.15, 0.2) is 5.65 Å². The Morgan fingerprint density at radius 3 is 3.12 bits per heavy atom. The first-order valence-corrected chi connectivity index (χ1v) is 8.55. The number of fused-ring (bicyclic) bond motifs is 1. The number of carbonyl (C=O) groups is 1. The first kappa shape index (κ1) is 15.6. The lowest BCUT2D eigenvalue weighted by Gasteiger charge is -2.32. The van der Waals surface area contributed by atoms with Crippen molar-refractivity contribution in [3.05, 3.63) is 53.9 Å². The van der Waals surface area contributed by atoms with Crippen molar-refractivity contribution in [3.8, 4) is 5.75 Å². The number of hydrogen-bond acceptors (Lipinski definition) is 4. The van der Waals surface area contributed by atoms with Gasteiger partial charge in [0.25, 0.3) is 0 Å². The third-order valence-corrected chi connectivity index (χ3v) is 4.81. The highest BCUT2D eigenvalue weighted by Crippen LogP contribution is 2.30. The van der Waals surface area contributed by atoms with Gasteiger partial charge in [0, 0.05) is 36.3 Å². The number of hydrogen-bond donors (Lipinski definition) is 2. The van der Waals surface area contributed by atoms with Gasteiger partial charge in [-0.15, -0.1) is 0 Å². The fourth-order valence-corrected chi connectivity index (χ4v) is 3.57. The Kier molecular flexibility index (Phi) is 4.09. The van der Waals surface area contributed by atoms with Crippen LogP contribution < -0.4 is 0 Å². The first-order valence-electron chi connectivity index (χ1n) is 8.55. The first-order chi connectivity index (χ1) is 12.2. The highest BCUT2D eigenvalue weighted by atomic mass is 16.3. The molecule has 25 heavy (non-hydrogen) atoms. The van der Waals surface area contributed by atoms with E-state index in [1.54, 1.807) is 24.4 Å². The predicted octanol–water partition coefficient (Wildman–Crippen LogP) is 2.61. The number of amides is 1. The molecule has 1 saturated heterocycles. The molecule has 3 aromatic rings. The molecule has 128 valence electrons. The summed E-state index contributed by atoms with van der Waals surface area (Å²) in [7, 11) is 0. The number of H-pyrrole nitrogens is 1. The van der Waals surface area contributed by atoms with Gasteiger partial charge in [-0.05, 0) is 42.7 Å². The van der Waals surface area contributed by atoms with Gasteiger partial charge in [0.2, 0.25) is 5.91 Å². The molecule has 0 aliphatic carbocycles. The Hall–Kier alpha value is -2.89. The number of aromatic amines is 1. The maximum atomic E-state index is 12.7. The number of aromatic hydroxyl groups is 1. The van der Waals surface area contributed by atoms with E-state index < -0.39 is 0 Å². The molecule has 6 nitrogen and oxygen atoms in total. The third-order valence-electron chi connectivity index (χ3n) is 4.81. The van der Waals surface area contributed by atoms with Crippen molar-refractivity contribution < 1.29 is 9.90 Å². The van der Waals surface area contributed by atoms with Crippen molar-refractivity contribution in [2.45, 2.75) is 25.2 Å². The maximum absolute atomic E-state index is 12.7. The summed E-state index contributed by atoms with van der Waals surface area (Å²) < 4.78 is 0. The lowest BCUT2D eigenvalue weighted by Crippen LogP contribution is -2.40. The molecule has 1 aliphatic heterocycles. The molecule has 0 bridgehead atoms. The standard InChI is InChI=1S/C19H20N4O2/c24-15-6-1-4-13(10-15)11-17(25)23-9-3-5-14(12-23)18-16-7-2-8-20-19(16)22-21-18/h1-2,4,6-8,10,14,24H,3,5,9,11-12H2,(H,20,21,22). The van der Waals surface area contributed by atoms with Crippen LogP contribution in [0.5, 0.6) is 5.75 Å². The quantitative estimate of drug-likeness (QED) is 0.770. The number of phenols is 1. The second-order valence-electron chi connectivity index (χ2n) is 6.54. The minimum absolute atomic E-state index is 0.0947. The Morgan fingerprint density at radius 1 is 1.32 bits per heavy atom. The number of pyridine rings is 1. The van der Waals surface area contributed by atoms with E-state index in [0.717, 1.165) is 41.7 Å². The second-order valence-corrected chi connectivity index (χ2v) is 6.54. The number of rotatable bonds is 3. The Morgan fingerprint density at radius 2 is 2.24 bits per heavy atom. The highest BCUT2D eigenvalue weighted by molar-refractivity contribution is 5.80. The topological polar surface area (TPSA) is 82.1 Å². The van der Waals surface area contributed by atoms with E-state index in [0.29, 0.717) is 13.0 Å². The van der Waals surface area contributed by atoms with Gasteiger partial charge in [0.1, 0.15) is 5.75 Å². The molecule has 3 heterocycles. The molecule has 1 fully saturated rings. The predicted molar refractivity (Wildman–Crippen MR) is 94.3 cm³/mol. The van der Waals surface area contributed by atoms with E-state index in [1.807, 2.05) is 23.1 Å². The summed E-state index contributed by atoms with van der Waals surface area (Å²) in [4.78, 5) is 18.8. The van der Waals surface area contributed by atoms with Crippen LogP contribution in [-0.2, 0) is 11.2 Å². The second kappa shape index (κ2) is 6.55. The van der Waals surface area contributed by atoms with Crippen LogP contribution in [0.4, 0.5) is 0 Å². The van der Waals surface area contributed by atoms with Gasteiger partial charge in [-0.1, -0.05) is 12.1 Å². The molecule has 1 aromatic carbocycles. The van der Waals surface area contributed by atoms with Crippen molar-refractivity contribution in [1.82, 2.24) is 20.1 Å². The fraction of sp³-hybridized carbons (Fsp3) is 0.316. The average Bonchev–Trinajstić information content (AvgIpc) is 3.06. The molecule has 1 amide bonds. The summed E-state index contributed by atoms with van der Waals surface area (Å²) in [5, 5.41) is 18.0. The van der Waals surface area contributed by atoms with E-state index >= 15 is 0 Å². The van der Waals surface area contributed by atoms with Gasteiger partial charge in [-0.3, -0.25) is 9.89 Å². The molecule has 4 rings (SSSR count). The van der Waals surface area contributed by atoms with E-state index in [9.17, 15) is 9.90 Å². The zero-order valence-corrected chi connectivity index (χ0v) is 13.9. The molecule has 0 saturated carbocycles. The van der Waals surface area contributed by atoms with Crippen LogP contribution in [0, 0.1) is 0 Å². The zero-order chi connectivity index (χ0) is 17.2. The van der Waals surface area contributed by atoms with E-state index in [-0.39, 0.29) is 17.6 Å². The number of benzene rings is 1. The van der Waals surface area contributed by atoms with Crippen LogP contribution in [0.25, 0.3) is 11.0 Å². The van der Waals surface area contributed by atoms with Crippen LogP contribution in [-0.4, -0.2) is 44.2 Å². The molecule has 1 atom stereocenters. The summed E-state index contributed by atoms with van der Waals surface area (Å²) in [5.74, 6) is 0.534. The number of carbonyl (C=O) groups excluding carboxylic acids is 1. The van der Waals surface area contributed by atoms with Crippen molar-refractivity contribution in [2.75, 3.05) is 13.1 Å². The molecule has 0 spiro atoms. The van der Waals surface area contributed by atoms with Crippen LogP contribution >= 0.6 is 0 Å². The van der Waals surface area contributed by atoms with Gasteiger partial charge in [-0.25, -0.2) is 4.98 Å². The van der Waals surface area contributed by atoms with Crippen LogP contribution in [0.15, 0.2) is 42.6 Å². The molecule has 2 N–H and O–H groups in total. The van der Waals surface area contributed by atoms with Crippen LogP contribution in [0.1, 0.15) is 30.0 Å². The Labute approximate surface area is 145 Å². The van der Waals surface area contributed by atoms with E-state index in [1.165, 1.54) is 0 Å². The monoisotopic (exact) mass is 336 g/mol. The van der Waals surface area contributed by atoms with Gasteiger partial charge >= 0.3 is 0 Å². The summed E-state index contributed by atoms with van der Waals surface area (Å²) in [6.45, 7) is 1.46. The molecule has 1 unspecified atom stereocenters. The van der Waals surface area contributed by atoms with Crippen LogP contribution in [0.2, 0.25) is 0 Å². The number of phenolic OH excluding ortho intramolecular Hbond substituents is 1. The Bertz CT molecular complexity index is 905. The van der Waals surface area contributed by atoms with E-state index in [4.69, 9.17) is 0 Å². The minimum Gasteiger partial charge on any atom is -0.508 e. The summed E-state index contributed by atoms with van der Waals surface area (Å²) >= 11 is 0. The molecular formula is C19H20N4O2. The number of aromatic nitrogens is 3. The van der Waals surface area contributed by atoms with Crippen molar-refractivity contribution in [1.29, 1.82) is 0 Å². The van der Waals surface area contributed by atoms with Gasteiger partial charge in [0.05, 0.1) is 6.42 Å². The number of likely N-dealkylation sites (tertiary alicyclic amines) is 1. The molecular weight excluding hydrogens is 316 g/mol. The zero-order valence-electron chi connectivity index (χ0n) is 13.9. The summed E-state index contributed by atoms with van der Waals surface area (Å²) in [5.41, 5.74) is 2.63. The van der Waals surface area contributed by atoms with Crippen molar-refractivity contribution >= 4 is 16.9 Å². The normalized spacial score (nSPS) is 17.8. The maximum Gasteiger partial charge on any atom is 0.227 e. The SMILES string of the molecule is O=C(Cc1cccc(O)c1)N1CCCC(c2[nH]nc3ncccc23)C1. The summed E-state index contributed by atoms with van der Waals surface area (Å²) in [6, 6.07) is 10.8. The molecule has 1 aliphatic rings. The summed E-state index contributed by atoms with van der Waals surface area (Å²) in [6.07, 6.45) is 4.05. The minimum atomic E-state index is 0.0947.